The van der Waals surface area contributed by atoms with Crippen LogP contribution < -0.4 is 0 Å². The van der Waals surface area contributed by atoms with Crippen LogP contribution in [0.2, 0.25) is 12.1 Å². The third kappa shape index (κ3) is 7.43. The van der Waals surface area contributed by atoms with Gasteiger partial charge in [0, 0.05) is 0 Å². The minimum Gasteiger partial charge on any atom is -0.123 e. The van der Waals surface area contributed by atoms with Crippen molar-refractivity contribution >= 4 is 7.28 Å². The SMILES string of the molecule is C/C=C\C=C=C(C)C[B]C(C)C. The zero-order valence-electron chi connectivity index (χ0n) is 8.59. The molecule has 0 saturated carbocycles. The lowest BCUT2D eigenvalue weighted by molar-refractivity contribution is 1.05. The minimum absolute atomic E-state index is 0.670. The Bertz CT molecular complexity index is 193. The van der Waals surface area contributed by atoms with Crippen LogP contribution in [0.15, 0.2) is 29.5 Å². The van der Waals surface area contributed by atoms with Crippen molar-refractivity contribution in [2.75, 3.05) is 0 Å². The van der Waals surface area contributed by atoms with Gasteiger partial charge in [-0.3, -0.25) is 0 Å². The highest BCUT2D eigenvalue weighted by Crippen LogP contribution is 2.05. The van der Waals surface area contributed by atoms with Gasteiger partial charge in [-0.25, -0.2) is 0 Å². The van der Waals surface area contributed by atoms with Crippen molar-refractivity contribution in [2.24, 2.45) is 0 Å². The normalized spacial score (nSPS) is 10.1. The second-order valence-corrected chi connectivity index (χ2v) is 3.30. The van der Waals surface area contributed by atoms with Crippen LogP contribution in [0.25, 0.3) is 0 Å². The summed E-state index contributed by atoms with van der Waals surface area (Å²) in [5.41, 5.74) is 4.51. The number of hydrogen-bond donors (Lipinski definition) is 0. The topological polar surface area (TPSA) is 0 Å². The second kappa shape index (κ2) is 7.00. The zero-order chi connectivity index (χ0) is 9.40. The van der Waals surface area contributed by atoms with Crippen LogP contribution in [0.3, 0.4) is 0 Å². The summed E-state index contributed by atoms with van der Waals surface area (Å²) in [4.78, 5) is 0. The predicted molar refractivity (Wildman–Crippen MR) is 57.7 cm³/mol. The van der Waals surface area contributed by atoms with Crippen LogP contribution in [0.1, 0.15) is 27.7 Å². The Labute approximate surface area is 77.3 Å². The molecule has 0 aliphatic heterocycles. The van der Waals surface area contributed by atoms with Crippen molar-refractivity contribution in [1.82, 2.24) is 0 Å². The average Bonchev–Trinajstić information content (AvgIpc) is 2.01. The van der Waals surface area contributed by atoms with Gasteiger partial charge in [-0.15, -0.1) is 5.73 Å². The van der Waals surface area contributed by atoms with Gasteiger partial charge < -0.3 is 0 Å². The van der Waals surface area contributed by atoms with E-state index in [4.69, 9.17) is 0 Å². The van der Waals surface area contributed by atoms with Crippen molar-refractivity contribution in [1.29, 1.82) is 0 Å². The average molecular weight is 161 g/mol. The first-order valence-corrected chi connectivity index (χ1v) is 4.53. The van der Waals surface area contributed by atoms with Crippen LogP contribution in [-0.2, 0) is 0 Å². The molecule has 0 aliphatic rings. The lowest BCUT2D eigenvalue weighted by Crippen LogP contribution is -1.94. The van der Waals surface area contributed by atoms with Crippen molar-refractivity contribution in [3.05, 3.63) is 29.5 Å². The monoisotopic (exact) mass is 161 g/mol. The standard InChI is InChI=1S/C11H18B/c1-5-6-7-8-11(4)9-12-10(2)3/h5-7,10H,9H2,1-4H3/b6-5-. The highest BCUT2D eigenvalue weighted by atomic mass is 13.8. The van der Waals surface area contributed by atoms with Crippen molar-refractivity contribution < 1.29 is 0 Å². The predicted octanol–water partition coefficient (Wildman–Crippen LogP) is 3.61. The van der Waals surface area contributed by atoms with Crippen LogP contribution >= 0.6 is 0 Å². The fourth-order valence-electron chi connectivity index (χ4n) is 0.758. The first-order chi connectivity index (χ1) is 5.66. The van der Waals surface area contributed by atoms with E-state index in [0.717, 1.165) is 6.32 Å². The smallest absolute Gasteiger partial charge is 0.119 e. The van der Waals surface area contributed by atoms with Gasteiger partial charge in [0.05, 0.1) is 0 Å². The van der Waals surface area contributed by atoms with Crippen LogP contribution in [0.5, 0.6) is 0 Å². The maximum Gasteiger partial charge on any atom is 0.119 e. The first kappa shape index (κ1) is 11.3. The lowest BCUT2D eigenvalue weighted by Gasteiger charge is -1.99. The summed E-state index contributed by atoms with van der Waals surface area (Å²) in [6.45, 7) is 8.51. The van der Waals surface area contributed by atoms with Gasteiger partial charge in [-0.2, -0.15) is 0 Å². The van der Waals surface area contributed by atoms with Gasteiger partial charge in [-0.05, 0) is 25.5 Å². The Morgan fingerprint density at radius 3 is 2.67 bits per heavy atom. The molecule has 0 fully saturated rings. The molecule has 0 heterocycles. The molecule has 12 heavy (non-hydrogen) atoms. The Morgan fingerprint density at radius 1 is 1.50 bits per heavy atom. The summed E-state index contributed by atoms with van der Waals surface area (Å²) >= 11 is 0. The maximum absolute atomic E-state index is 3.21. The molecule has 65 valence electrons. The van der Waals surface area contributed by atoms with Crippen LogP contribution in [0, 0.1) is 0 Å². The molecule has 0 aliphatic carbocycles. The van der Waals surface area contributed by atoms with Crippen molar-refractivity contribution in [3.63, 3.8) is 0 Å². The Kier molecular flexibility index (Phi) is 6.61. The molecule has 0 aromatic carbocycles. The molecular formula is C11H18B. The van der Waals surface area contributed by atoms with E-state index in [1.165, 1.54) is 5.57 Å². The number of allylic oxidation sites excluding steroid dienone is 3. The van der Waals surface area contributed by atoms with Gasteiger partial charge in [-0.1, -0.05) is 38.1 Å². The van der Waals surface area contributed by atoms with E-state index in [0.29, 0.717) is 5.82 Å². The fourth-order valence-corrected chi connectivity index (χ4v) is 0.758. The number of rotatable bonds is 4. The zero-order valence-corrected chi connectivity index (χ0v) is 8.59. The third-order valence-electron chi connectivity index (χ3n) is 1.51. The van der Waals surface area contributed by atoms with E-state index in [1.54, 1.807) is 0 Å². The molecule has 0 bridgehead atoms. The lowest BCUT2D eigenvalue weighted by atomic mass is 9.62. The van der Waals surface area contributed by atoms with E-state index >= 15 is 0 Å². The Morgan fingerprint density at radius 2 is 2.17 bits per heavy atom. The summed E-state index contributed by atoms with van der Waals surface area (Å²) in [6, 6.07) is 0. The molecule has 0 N–H and O–H groups in total. The van der Waals surface area contributed by atoms with Crippen molar-refractivity contribution in [2.45, 2.75) is 39.8 Å². The first-order valence-electron chi connectivity index (χ1n) is 4.53. The fraction of sp³-hybridized carbons (Fsp3) is 0.545. The molecule has 0 aromatic rings. The van der Waals surface area contributed by atoms with Crippen molar-refractivity contribution in [3.8, 4) is 0 Å². The molecule has 0 nitrogen and oxygen atoms in total. The molecule has 1 radical (unpaired) electrons. The number of hydrogen-bond acceptors (Lipinski definition) is 0. The summed E-state index contributed by atoms with van der Waals surface area (Å²) in [7, 11) is 2.30. The molecule has 0 amide bonds. The molecule has 0 aromatic heterocycles. The summed E-state index contributed by atoms with van der Waals surface area (Å²) in [5, 5.41) is 0. The molecule has 0 spiro atoms. The molecule has 0 rings (SSSR count). The van der Waals surface area contributed by atoms with Gasteiger partial charge in [0.2, 0.25) is 0 Å². The van der Waals surface area contributed by atoms with E-state index in [1.807, 2.05) is 25.2 Å². The van der Waals surface area contributed by atoms with Crippen LogP contribution in [0.4, 0.5) is 0 Å². The summed E-state index contributed by atoms with van der Waals surface area (Å²) in [6.07, 6.45) is 7.01. The Hall–Kier alpha value is -0.675. The van der Waals surface area contributed by atoms with E-state index in [9.17, 15) is 0 Å². The van der Waals surface area contributed by atoms with Crippen LogP contribution in [-0.4, -0.2) is 7.28 Å². The van der Waals surface area contributed by atoms with E-state index in [-0.39, 0.29) is 0 Å². The minimum atomic E-state index is 0.670. The highest BCUT2D eigenvalue weighted by Gasteiger charge is 1.95. The van der Waals surface area contributed by atoms with E-state index in [2.05, 4.69) is 33.8 Å². The highest BCUT2D eigenvalue weighted by molar-refractivity contribution is 6.38. The molecule has 1 heteroatoms. The second-order valence-electron chi connectivity index (χ2n) is 3.30. The molecule has 0 saturated heterocycles. The quantitative estimate of drug-likeness (QED) is 0.335. The van der Waals surface area contributed by atoms with Gasteiger partial charge in [0.15, 0.2) is 0 Å². The van der Waals surface area contributed by atoms with Gasteiger partial charge >= 0.3 is 0 Å². The van der Waals surface area contributed by atoms with E-state index < -0.39 is 0 Å². The molecule has 0 unspecified atom stereocenters. The Balaban J connectivity index is 3.85. The largest absolute Gasteiger partial charge is 0.123 e. The summed E-state index contributed by atoms with van der Waals surface area (Å²) in [5.74, 6) is 0.670. The third-order valence-corrected chi connectivity index (χ3v) is 1.51. The summed E-state index contributed by atoms with van der Waals surface area (Å²) < 4.78 is 0. The van der Waals surface area contributed by atoms with Gasteiger partial charge in [0.25, 0.3) is 0 Å². The van der Waals surface area contributed by atoms with Gasteiger partial charge in [0.1, 0.15) is 7.28 Å². The molecular weight excluding hydrogens is 143 g/mol. The molecule has 0 atom stereocenters. The maximum atomic E-state index is 3.21.